The largest absolute Gasteiger partial charge is 0.352 e. The van der Waals surface area contributed by atoms with E-state index < -0.39 is 10.0 Å². The molecule has 0 aromatic heterocycles. The molecule has 8 heteroatoms. The first-order chi connectivity index (χ1) is 12.3. The van der Waals surface area contributed by atoms with E-state index in [-0.39, 0.29) is 11.7 Å². The van der Waals surface area contributed by atoms with Gasteiger partial charge in [0.2, 0.25) is 10.0 Å². The van der Waals surface area contributed by atoms with Crippen LogP contribution in [0.5, 0.6) is 0 Å². The molecule has 0 aliphatic carbocycles. The van der Waals surface area contributed by atoms with E-state index in [9.17, 15) is 13.2 Å². The topological polar surface area (TPSA) is 73.0 Å². The minimum Gasteiger partial charge on any atom is -0.352 e. The van der Waals surface area contributed by atoms with Gasteiger partial charge >= 0.3 is 0 Å². The zero-order valence-electron chi connectivity index (χ0n) is 15.9. The van der Waals surface area contributed by atoms with Gasteiger partial charge in [-0.1, -0.05) is 12.1 Å². The molecular weight excluding hydrogens is 352 g/mol. The second-order valence-corrected chi connectivity index (χ2v) is 9.04. The van der Waals surface area contributed by atoms with Gasteiger partial charge in [0, 0.05) is 38.3 Å². The molecule has 0 bridgehead atoms. The molecule has 1 aromatic rings. The molecule has 0 atom stereocenters. The number of benzene rings is 1. The van der Waals surface area contributed by atoms with Crippen LogP contribution in [0.3, 0.4) is 0 Å². The highest BCUT2D eigenvalue weighted by atomic mass is 32.2. The van der Waals surface area contributed by atoms with Gasteiger partial charge in [-0.25, -0.2) is 8.42 Å². The maximum Gasteiger partial charge on any atom is 0.251 e. The Bertz CT molecular complexity index is 681. The van der Waals surface area contributed by atoms with Crippen LogP contribution in [0.1, 0.15) is 22.3 Å². The molecule has 1 fully saturated rings. The number of carbonyl (C=O) groups excluding carboxylic acids is 1. The van der Waals surface area contributed by atoms with Crippen molar-refractivity contribution in [2.24, 2.45) is 0 Å². The van der Waals surface area contributed by atoms with Gasteiger partial charge in [0.1, 0.15) is 0 Å². The maximum atomic E-state index is 12.5. The van der Waals surface area contributed by atoms with Crippen molar-refractivity contribution in [2.75, 3.05) is 60.4 Å². The molecular formula is C18H30N4O3S. The summed E-state index contributed by atoms with van der Waals surface area (Å²) in [6.07, 6.45) is 0.889. The fraction of sp³-hybridized carbons (Fsp3) is 0.611. The Morgan fingerprint density at radius 2 is 1.73 bits per heavy atom. The Hall–Kier alpha value is -1.48. The molecule has 1 aliphatic heterocycles. The average molecular weight is 383 g/mol. The highest BCUT2D eigenvalue weighted by Gasteiger charge is 2.25. The number of carbonyl (C=O) groups is 1. The van der Waals surface area contributed by atoms with Crippen LogP contribution < -0.4 is 5.32 Å². The highest BCUT2D eigenvalue weighted by Crippen LogP contribution is 2.14. The summed E-state index contributed by atoms with van der Waals surface area (Å²) in [4.78, 5) is 16.3. The van der Waals surface area contributed by atoms with Gasteiger partial charge in [0.15, 0.2) is 0 Å². The van der Waals surface area contributed by atoms with Crippen LogP contribution in [0, 0.1) is 0 Å². The van der Waals surface area contributed by atoms with Crippen LogP contribution in [-0.2, 0) is 15.8 Å². The summed E-state index contributed by atoms with van der Waals surface area (Å²) < 4.78 is 26.6. The van der Waals surface area contributed by atoms with E-state index >= 15 is 0 Å². The van der Waals surface area contributed by atoms with Crippen molar-refractivity contribution in [1.29, 1.82) is 0 Å². The van der Waals surface area contributed by atoms with Gasteiger partial charge < -0.3 is 15.1 Å². The van der Waals surface area contributed by atoms with Crippen LogP contribution in [0.2, 0.25) is 0 Å². The fourth-order valence-electron chi connectivity index (χ4n) is 2.82. The van der Waals surface area contributed by atoms with Gasteiger partial charge in [0.05, 0.1) is 5.75 Å². The number of rotatable bonds is 8. The van der Waals surface area contributed by atoms with Crippen molar-refractivity contribution in [3.8, 4) is 0 Å². The third-order valence-corrected chi connectivity index (χ3v) is 6.34. The third-order valence-electron chi connectivity index (χ3n) is 4.49. The standard InChI is InChI=1S/C18H30N4O3S/c1-20(2)10-4-9-19-18(23)17-7-5-16(6-8-17)15-26(24,25)22-13-11-21(3)12-14-22/h5-8H,4,9-15H2,1-3H3,(H,19,23). The van der Waals surface area contributed by atoms with Crippen LogP contribution in [-0.4, -0.2) is 88.8 Å². The lowest BCUT2D eigenvalue weighted by molar-refractivity contribution is 0.0952. The molecule has 1 aliphatic rings. The van der Waals surface area contributed by atoms with E-state index in [1.54, 1.807) is 28.6 Å². The molecule has 2 rings (SSSR count). The van der Waals surface area contributed by atoms with E-state index in [0.29, 0.717) is 30.8 Å². The number of likely N-dealkylation sites (N-methyl/N-ethyl adjacent to an activating group) is 1. The first-order valence-corrected chi connectivity index (χ1v) is 10.6. The average Bonchev–Trinajstić information content (AvgIpc) is 2.59. The number of piperazine rings is 1. The van der Waals surface area contributed by atoms with Crippen molar-refractivity contribution >= 4 is 15.9 Å². The first-order valence-electron chi connectivity index (χ1n) is 8.96. The monoisotopic (exact) mass is 382 g/mol. The van der Waals surface area contributed by atoms with Crippen molar-refractivity contribution < 1.29 is 13.2 Å². The Kier molecular flexibility index (Phi) is 7.57. The minimum atomic E-state index is -3.32. The molecule has 0 radical (unpaired) electrons. The van der Waals surface area contributed by atoms with Gasteiger partial charge in [-0.15, -0.1) is 0 Å². The molecule has 1 saturated heterocycles. The zero-order valence-corrected chi connectivity index (χ0v) is 16.8. The molecule has 1 amide bonds. The molecule has 7 nitrogen and oxygen atoms in total. The summed E-state index contributed by atoms with van der Waals surface area (Å²) in [5.41, 5.74) is 1.25. The lowest BCUT2D eigenvalue weighted by Crippen LogP contribution is -2.47. The van der Waals surface area contributed by atoms with Gasteiger partial charge in [-0.2, -0.15) is 4.31 Å². The molecule has 1 heterocycles. The van der Waals surface area contributed by atoms with E-state index in [1.807, 2.05) is 21.1 Å². The normalized spacial score (nSPS) is 16.8. The highest BCUT2D eigenvalue weighted by molar-refractivity contribution is 7.88. The minimum absolute atomic E-state index is 0.0263. The van der Waals surface area contributed by atoms with Crippen molar-refractivity contribution in [2.45, 2.75) is 12.2 Å². The maximum absolute atomic E-state index is 12.5. The first kappa shape index (κ1) is 20.8. The van der Waals surface area contributed by atoms with Crippen LogP contribution in [0.15, 0.2) is 24.3 Å². The predicted octanol–water partition coefficient (Wildman–Crippen LogP) is 0.445. The number of sulfonamides is 1. The summed E-state index contributed by atoms with van der Waals surface area (Å²) in [6, 6.07) is 6.83. The SMILES string of the molecule is CN(C)CCCNC(=O)c1ccc(CS(=O)(=O)N2CCN(C)CC2)cc1. The molecule has 0 spiro atoms. The molecule has 146 valence electrons. The zero-order chi connectivity index (χ0) is 19.2. The summed E-state index contributed by atoms with van der Waals surface area (Å²) >= 11 is 0. The number of nitrogens with one attached hydrogen (secondary N) is 1. The molecule has 26 heavy (non-hydrogen) atoms. The van der Waals surface area contributed by atoms with Crippen molar-refractivity contribution in [3.63, 3.8) is 0 Å². The molecule has 0 saturated carbocycles. The second-order valence-electron chi connectivity index (χ2n) is 7.07. The third kappa shape index (κ3) is 6.35. The number of hydrogen-bond donors (Lipinski definition) is 1. The lowest BCUT2D eigenvalue weighted by Gasteiger charge is -2.31. The van der Waals surface area contributed by atoms with E-state index in [0.717, 1.165) is 26.1 Å². The van der Waals surface area contributed by atoms with Crippen LogP contribution in [0.4, 0.5) is 0 Å². The summed E-state index contributed by atoms with van der Waals surface area (Å²) in [5, 5.41) is 2.88. The van der Waals surface area contributed by atoms with E-state index in [1.165, 1.54) is 0 Å². The van der Waals surface area contributed by atoms with Crippen molar-refractivity contribution in [1.82, 2.24) is 19.4 Å². The molecule has 0 unspecified atom stereocenters. The summed E-state index contributed by atoms with van der Waals surface area (Å²) in [7, 11) is 2.67. The van der Waals surface area contributed by atoms with Gasteiger partial charge in [-0.3, -0.25) is 4.79 Å². The quantitative estimate of drug-likeness (QED) is 0.661. The predicted molar refractivity (Wildman–Crippen MR) is 104 cm³/mol. The Labute approximate surface area is 157 Å². The fourth-order valence-corrected chi connectivity index (χ4v) is 4.34. The van der Waals surface area contributed by atoms with Crippen LogP contribution in [0.25, 0.3) is 0 Å². The summed E-state index contributed by atoms with van der Waals surface area (Å²) in [6.45, 7) is 4.12. The van der Waals surface area contributed by atoms with Crippen LogP contribution >= 0.6 is 0 Å². The van der Waals surface area contributed by atoms with E-state index in [4.69, 9.17) is 0 Å². The Balaban J connectivity index is 1.87. The second kappa shape index (κ2) is 9.45. The van der Waals surface area contributed by atoms with E-state index in [2.05, 4.69) is 15.1 Å². The number of hydrogen-bond acceptors (Lipinski definition) is 5. The Morgan fingerprint density at radius 3 is 2.31 bits per heavy atom. The lowest BCUT2D eigenvalue weighted by atomic mass is 10.1. The summed E-state index contributed by atoms with van der Waals surface area (Å²) in [5.74, 6) is -0.154. The van der Waals surface area contributed by atoms with Gasteiger partial charge in [0.25, 0.3) is 5.91 Å². The smallest absolute Gasteiger partial charge is 0.251 e. The number of amides is 1. The molecule has 1 N–H and O–H groups in total. The van der Waals surface area contributed by atoms with Gasteiger partial charge in [-0.05, 0) is 51.8 Å². The molecule has 1 aromatic carbocycles. The Morgan fingerprint density at radius 1 is 1.12 bits per heavy atom. The van der Waals surface area contributed by atoms with Crippen molar-refractivity contribution in [3.05, 3.63) is 35.4 Å². The number of nitrogens with zero attached hydrogens (tertiary/aromatic N) is 3.